The molecule has 0 saturated heterocycles. The fourth-order valence-corrected chi connectivity index (χ4v) is 3.84. The van der Waals surface area contributed by atoms with E-state index in [2.05, 4.69) is 4.98 Å². The number of nitrogens with zero attached hydrogens (tertiary/aromatic N) is 2. The molecule has 25 heavy (non-hydrogen) atoms. The minimum atomic E-state index is -4.80. The zero-order valence-corrected chi connectivity index (χ0v) is 13.2. The molecule has 1 aromatic carbocycles. The molecule has 0 atom stereocenters. The molecule has 1 aliphatic heterocycles. The van der Waals surface area contributed by atoms with Gasteiger partial charge in [0.15, 0.2) is 11.6 Å². The average molecular weight is 377 g/mol. The van der Waals surface area contributed by atoms with Crippen LogP contribution in [0.15, 0.2) is 35.4 Å². The number of nitrogens with two attached hydrogens (primary N) is 1. The van der Waals surface area contributed by atoms with E-state index in [0.717, 1.165) is 22.6 Å². The lowest BCUT2D eigenvalue weighted by Crippen LogP contribution is -2.38. The van der Waals surface area contributed by atoms with Crippen molar-refractivity contribution in [1.29, 1.82) is 0 Å². The standard InChI is InChI=1S/C14H11F4N3O3S/c15-10-5-8(19)6-11-13(10)24-4-3-21(11)25(22,23)9-1-2-20-12(7-9)14(16,17)18/h1-2,5-7H,3-4,19H2. The van der Waals surface area contributed by atoms with Crippen LogP contribution in [0.2, 0.25) is 0 Å². The normalized spacial score (nSPS) is 14.8. The molecule has 6 nitrogen and oxygen atoms in total. The van der Waals surface area contributed by atoms with Crippen molar-refractivity contribution < 1.29 is 30.7 Å². The molecule has 0 bridgehead atoms. The van der Waals surface area contributed by atoms with Gasteiger partial charge in [0.25, 0.3) is 10.0 Å². The summed E-state index contributed by atoms with van der Waals surface area (Å²) in [4.78, 5) is 2.51. The molecular weight excluding hydrogens is 366 g/mol. The monoisotopic (exact) mass is 377 g/mol. The summed E-state index contributed by atoms with van der Waals surface area (Å²) in [5.74, 6) is -1.19. The van der Waals surface area contributed by atoms with Gasteiger partial charge in [0.1, 0.15) is 12.3 Å². The van der Waals surface area contributed by atoms with Gasteiger partial charge in [-0.1, -0.05) is 0 Å². The number of hydrogen-bond acceptors (Lipinski definition) is 5. The quantitative estimate of drug-likeness (QED) is 0.642. The smallest absolute Gasteiger partial charge is 0.433 e. The number of pyridine rings is 1. The second kappa shape index (κ2) is 5.76. The van der Waals surface area contributed by atoms with Crippen LogP contribution in [0.4, 0.5) is 28.9 Å². The van der Waals surface area contributed by atoms with E-state index >= 15 is 0 Å². The number of benzene rings is 1. The van der Waals surface area contributed by atoms with Gasteiger partial charge in [-0.15, -0.1) is 0 Å². The Labute approximate surface area is 139 Å². The van der Waals surface area contributed by atoms with Crippen molar-refractivity contribution in [2.75, 3.05) is 23.2 Å². The Morgan fingerprint density at radius 1 is 1.24 bits per heavy atom. The number of halogens is 4. The molecule has 0 saturated carbocycles. The van der Waals surface area contributed by atoms with E-state index in [0.29, 0.717) is 6.07 Å². The van der Waals surface area contributed by atoms with Gasteiger partial charge in [0.05, 0.1) is 17.1 Å². The lowest BCUT2D eigenvalue weighted by atomic mass is 10.2. The Morgan fingerprint density at radius 3 is 2.64 bits per heavy atom. The molecule has 0 unspecified atom stereocenters. The summed E-state index contributed by atoms with van der Waals surface area (Å²) in [6.07, 6.45) is -4.05. The molecule has 1 aromatic heterocycles. The van der Waals surface area contributed by atoms with Crippen LogP contribution in [-0.2, 0) is 16.2 Å². The van der Waals surface area contributed by atoms with Crippen molar-refractivity contribution in [3.05, 3.63) is 42.0 Å². The minimum absolute atomic E-state index is 0.0485. The zero-order chi connectivity index (χ0) is 18.4. The average Bonchev–Trinajstić information content (AvgIpc) is 2.53. The first kappa shape index (κ1) is 17.3. The molecule has 2 aromatic rings. The third-order valence-electron chi connectivity index (χ3n) is 3.47. The Morgan fingerprint density at radius 2 is 1.96 bits per heavy atom. The summed E-state index contributed by atoms with van der Waals surface area (Å²) in [6.45, 7) is -0.369. The lowest BCUT2D eigenvalue weighted by Gasteiger charge is -2.30. The van der Waals surface area contributed by atoms with E-state index in [-0.39, 0.29) is 30.3 Å². The highest BCUT2D eigenvalue weighted by atomic mass is 32.2. The van der Waals surface area contributed by atoms with Gasteiger partial charge in [0.2, 0.25) is 0 Å². The van der Waals surface area contributed by atoms with E-state index in [4.69, 9.17) is 10.5 Å². The van der Waals surface area contributed by atoms with Crippen molar-refractivity contribution >= 4 is 21.4 Å². The molecule has 1 aliphatic rings. The summed E-state index contributed by atoms with van der Waals surface area (Å²) in [6, 6.07) is 3.50. The topological polar surface area (TPSA) is 85.5 Å². The third-order valence-corrected chi connectivity index (χ3v) is 5.27. The number of anilines is 2. The molecule has 0 radical (unpaired) electrons. The number of rotatable bonds is 2. The third kappa shape index (κ3) is 3.06. The molecule has 0 amide bonds. The maximum absolute atomic E-state index is 13.9. The predicted molar refractivity (Wildman–Crippen MR) is 80.1 cm³/mol. The largest absolute Gasteiger partial charge is 0.486 e. The van der Waals surface area contributed by atoms with Crippen LogP contribution in [0.3, 0.4) is 0 Å². The molecule has 0 fully saturated rings. The van der Waals surface area contributed by atoms with Crippen molar-refractivity contribution in [1.82, 2.24) is 4.98 Å². The summed E-state index contributed by atoms with van der Waals surface area (Å²) in [5, 5.41) is 0. The molecule has 2 N–H and O–H groups in total. The van der Waals surface area contributed by atoms with Crippen LogP contribution < -0.4 is 14.8 Å². The Kier molecular flexibility index (Phi) is 3.98. The van der Waals surface area contributed by atoms with Crippen LogP contribution in [0.1, 0.15) is 5.69 Å². The highest BCUT2D eigenvalue weighted by Crippen LogP contribution is 2.39. The highest BCUT2D eigenvalue weighted by Gasteiger charge is 2.36. The number of fused-ring (bicyclic) bond motifs is 1. The van der Waals surface area contributed by atoms with Crippen LogP contribution in [0.5, 0.6) is 5.75 Å². The molecule has 0 aliphatic carbocycles. The summed E-state index contributed by atoms with van der Waals surface area (Å²) >= 11 is 0. The number of hydrogen-bond donors (Lipinski definition) is 1. The predicted octanol–water partition coefficient (Wildman–Crippen LogP) is 2.41. The summed E-state index contributed by atoms with van der Waals surface area (Å²) in [5.41, 5.74) is 3.97. The molecule has 3 rings (SSSR count). The highest BCUT2D eigenvalue weighted by molar-refractivity contribution is 7.92. The summed E-state index contributed by atoms with van der Waals surface area (Å²) in [7, 11) is -4.40. The van der Waals surface area contributed by atoms with E-state index < -0.39 is 32.6 Å². The number of nitrogen functional groups attached to an aromatic ring is 1. The van der Waals surface area contributed by atoms with Gasteiger partial charge in [-0.25, -0.2) is 12.8 Å². The summed E-state index contributed by atoms with van der Waals surface area (Å²) < 4.78 is 83.7. The Hall–Kier alpha value is -2.56. The van der Waals surface area contributed by atoms with Crippen molar-refractivity contribution in [2.24, 2.45) is 0 Å². The van der Waals surface area contributed by atoms with Gasteiger partial charge >= 0.3 is 6.18 Å². The first-order chi connectivity index (χ1) is 11.6. The minimum Gasteiger partial charge on any atom is -0.486 e. The molecule has 134 valence electrons. The van der Waals surface area contributed by atoms with Crippen molar-refractivity contribution in [3.8, 4) is 5.75 Å². The van der Waals surface area contributed by atoms with Gasteiger partial charge in [-0.05, 0) is 18.2 Å². The molecule has 2 heterocycles. The number of aromatic nitrogens is 1. The van der Waals surface area contributed by atoms with E-state index in [1.807, 2.05) is 0 Å². The van der Waals surface area contributed by atoms with Crippen LogP contribution in [0, 0.1) is 5.82 Å². The molecule has 0 spiro atoms. The SMILES string of the molecule is Nc1cc(F)c2c(c1)N(S(=O)(=O)c1ccnc(C(F)(F)F)c1)CCO2. The number of sulfonamides is 1. The first-order valence-corrected chi connectivity index (χ1v) is 8.32. The fourth-order valence-electron chi connectivity index (χ4n) is 2.38. The van der Waals surface area contributed by atoms with Gasteiger partial charge in [-0.2, -0.15) is 13.2 Å². The van der Waals surface area contributed by atoms with Crippen LogP contribution >= 0.6 is 0 Å². The maximum atomic E-state index is 13.9. The van der Waals surface area contributed by atoms with Crippen LogP contribution in [-0.4, -0.2) is 26.6 Å². The van der Waals surface area contributed by atoms with Crippen molar-refractivity contribution in [3.63, 3.8) is 0 Å². The van der Waals surface area contributed by atoms with E-state index in [9.17, 15) is 26.0 Å². The Bertz CT molecular complexity index is 931. The van der Waals surface area contributed by atoms with Gasteiger partial charge < -0.3 is 10.5 Å². The van der Waals surface area contributed by atoms with Crippen LogP contribution in [0.25, 0.3) is 0 Å². The second-order valence-corrected chi connectivity index (χ2v) is 7.01. The first-order valence-electron chi connectivity index (χ1n) is 6.88. The molecular formula is C14H11F4N3O3S. The van der Waals surface area contributed by atoms with Gasteiger partial charge in [-0.3, -0.25) is 9.29 Å². The van der Waals surface area contributed by atoms with Gasteiger partial charge in [0, 0.05) is 18.0 Å². The number of alkyl halides is 3. The fraction of sp³-hybridized carbons (Fsp3) is 0.214. The van der Waals surface area contributed by atoms with Crippen molar-refractivity contribution in [2.45, 2.75) is 11.1 Å². The zero-order valence-electron chi connectivity index (χ0n) is 12.4. The lowest BCUT2D eigenvalue weighted by molar-refractivity contribution is -0.141. The molecule has 11 heteroatoms. The second-order valence-electron chi connectivity index (χ2n) is 5.15. The van der Waals surface area contributed by atoms with E-state index in [1.54, 1.807) is 0 Å². The number of ether oxygens (including phenoxy) is 1. The van der Waals surface area contributed by atoms with E-state index in [1.165, 1.54) is 6.07 Å². The Balaban J connectivity index is 2.12. The maximum Gasteiger partial charge on any atom is 0.433 e.